The molecule has 0 bridgehead atoms. The van der Waals surface area contributed by atoms with Crippen LogP contribution in [0.1, 0.15) is 180 Å². The maximum Gasteiger partial charge on any atom is 0.151 e. The zero-order chi connectivity index (χ0) is 98.1. The van der Waals surface area contributed by atoms with Crippen LogP contribution in [0.5, 0.6) is 0 Å². The Morgan fingerprint density at radius 2 is 0.652 bits per heavy atom. The van der Waals surface area contributed by atoms with E-state index in [1.165, 1.54) is 30.3 Å². The summed E-state index contributed by atoms with van der Waals surface area (Å²) >= 11 is 41.9. The van der Waals surface area contributed by atoms with E-state index in [9.17, 15) is 58.4 Å². The van der Waals surface area contributed by atoms with E-state index < -0.39 is 62.3 Å². The third-order valence-corrected chi connectivity index (χ3v) is 23.6. The Morgan fingerprint density at radius 1 is 0.311 bits per heavy atom. The average Bonchev–Trinajstić information content (AvgIpc) is 0.750. The van der Waals surface area contributed by atoms with Gasteiger partial charge in [-0.25, -0.2) is 17.6 Å². The molecule has 694 valence electrons. The summed E-state index contributed by atoms with van der Waals surface area (Å²) in [6.07, 6.45) is 13.4. The number of ether oxygens (including phenoxy) is 1. The normalized spacial score (nSPS) is 12.8. The summed E-state index contributed by atoms with van der Waals surface area (Å²) in [6.45, 7) is 37.5. The van der Waals surface area contributed by atoms with Crippen molar-refractivity contribution in [2.24, 2.45) is 0 Å². The number of rotatable bonds is 8. The fourth-order valence-electron chi connectivity index (χ4n) is 16.8. The van der Waals surface area contributed by atoms with E-state index in [1.54, 1.807) is 188 Å². The number of para-hydroxylation sites is 1. The summed E-state index contributed by atoms with van der Waals surface area (Å²) in [4.78, 5) is 33.8. The molecule has 18 nitrogen and oxygen atoms in total. The maximum atomic E-state index is 14.1. The van der Waals surface area contributed by atoms with Gasteiger partial charge in [-0.2, -0.15) is 0 Å². The summed E-state index contributed by atoms with van der Waals surface area (Å²) in [5.41, 5.74) is 15.5. The van der Waals surface area contributed by atoms with E-state index in [1.807, 2.05) is 104 Å². The van der Waals surface area contributed by atoms with Crippen LogP contribution in [0.3, 0.4) is 0 Å². The molecule has 132 heavy (non-hydrogen) atoms. The van der Waals surface area contributed by atoms with Crippen molar-refractivity contribution in [1.82, 2.24) is 39.9 Å². The first-order valence-corrected chi connectivity index (χ1v) is 44.4. The lowest BCUT2D eigenvalue weighted by Gasteiger charge is -2.38. The molecule has 1 saturated heterocycles. The Hall–Kier alpha value is -9.77. The number of fused-ring (bicyclic) bond motifs is 8. The highest BCUT2D eigenvalue weighted by molar-refractivity contribution is 6.39. The standard InChI is InChI=1S/C13H13Cl2NO.3C13H13ClFNO.C13H14ClNO.C13H14FNO.C13H15NO.C12H11ClN2O2/c1-7-6-16-10-5-8(14)4-9(15)11(10)12(7)13(2,3)17;1-7-6-16-10-5-8(15)4-9(14)11(10)12(7)13(2,3)17;1-7-6-16-9-5-4-8(15)12(14)10(9)11(7)13(2,3)17;1-7-6-16-9-5-4-8(14)12(15)10(9)11(7)13(2,3)17;1-8-7-15-11-5-4-9(14)6-10(11)12(8)13(2,3)16;1-8-7-15-10-6-4-5-9(14)11(10)12(8)13(2,3)16;1-9-8-14-11-7-5-4-6-10(11)12(9)13(2,3)15;13-7-1-2-10-8(3-7)11(9(14)4-15-10)12(16)5-17-6-12/h4*4-6,17H,1-3H3;2*4-7,16H,1-3H3;4-8,15H,1-3H3;1-4,16H,5-6,14H2. The third-order valence-electron chi connectivity index (χ3n) is 21.7. The molecule has 29 heteroatoms. The van der Waals surface area contributed by atoms with Crippen molar-refractivity contribution in [3.63, 3.8) is 0 Å². The highest BCUT2D eigenvalue weighted by Crippen LogP contribution is 2.44. The monoisotopic (exact) mass is 1930 g/mol. The second-order valence-electron chi connectivity index (χ2n) is 36.3. The summed E-state index contributed by atoms with van der Waals surface area (Å²) in [5.74, 6) is -1.80. The molecular weight excluding hydrogens is 1830 g/mol. The number of aliphatic hydroxyl groups is 8. The fourth-order valence-corrected chi connectivity index (χ4v) is 18.4. The van der Waals surface area contributed by atoms with Gasteiger partial charge in [0.15, 0.2) is 5.82 Å². The van der Waals surface area contributed by atoms with Gasteiger partial charge in [-0.1, -0.05) is 105 Å². The number of hydrogen-bond acceptors (Lipinski definition) is 18. The Balaban J connectivity index is 0.000000157. The quantitative estimate of drug-likeness (QED) is 0.0639. The van der Waals surface area contributed by atoms with Gasteiger partial charge in [0.2, 0.25) is 0 Å². The number of pyridine rings is 8. The van der Waals surface area contributed by atoms with Crippen LogP contribution in [0.2, 0.25) is 35.2 Å². The predicted octanol–water partition coefficient (Wildman–Crippen LogP) is 25.6. The first-order chi connectivity index (χ1) is 61.1. The van der Waals surface area contributed by atoms with Gasteiger partial charge in [0, 0.05) is 113 Å². The summed E-state index contributed by atoms with van der Waals surface area (Å²) < 4.78 is 59.7. The summed E-state index contributed by atoms with van der Waals surface area (Å²) in [5, 5.41) is 89.5. The smallest absolute Gasteiger partial charge is 0.151 e. The highest BCUT2D eigenvalue weighted by Gasteiger charge is 2.41. The third kappa shape index (κ3) is 23.9. The number of anilines is 1. The van der Waals surface area contributed by atoms with Crippen molar-refractivity contribution >= 4 is 174 Å². The van der Waals surface area contributed by atoms with Gasteiger partial charge in [0.25, 0.3) is 0 Å². The van der Waals surface area contributed by atoms with E-state index >= 15 is 0 Å². The lowest BCUT2D eigenvalue weighted by Crippen LogP contribution is -2.47. The zero-order valence-corrected chi connectivity index (χ0v) is 82.2. The molecular formula is C103H106Cl7F4N9O9. The summed E-state index contributed by atoms with van der Waals surface area (Å²) in [6, 6.07) is 35.4. The van der Waals surface area contributed by atoms with Crippen molar-refractivity contribution in [3.8, 4) is 0 Å². The van der Waals surface area contributed by atoms with Gasteiger partial charge in [-0.15, -0.1) is 0 Å². The molecule has 9 heterocycles. The minimum absolute atomic E-state index is 0.0100. The van der Waals surface area contributed by atoms with Gasteiger partial charge >= 0.3 is 0 Å². The first-order valence-electron chi connectivity index (χ1n) is 41.8. The SMILES string of the molecule is Cc1cnc2cc(Cl)cc(Cl)c2c1C(C)(C)O.Cc1cnc2cc(F)cc(Cl)c2c1C(C)(C)O.Cc1cnc2ccc(Cl)c(F)c2c1C(C)(C)O.Cc1cnc2ccc(Cl)cc2c1C(C)(C)O.Cc1cnc2ccc(F)c(Cl)c2c1C(C)(C)O.Cc1cnc2cccc(F)c2c1C(C)(C)O.Cc1cnc2ccccc2c1C(C)(C)O.Nc1cnc2ccc(Cl)cc2c1C1(O)COC1. The first kappa shape index (κ1) is 104. The van der Waals surface area contributed by atoms with Crippen LogP contribution in [-0.4, -0.2) is 93.9 Å². The molecule has 10 N–H and O–H groups in total. The van der Waals surface area contributed by atoms with Gasteiger partial charge in [-0.05, 0) is 320 Å². The fraction of sp³-hybridized carbons (Fsp3) is 0.301. The average molecular weight is 1940 g/mol. The van der Waals surface area contributed by atoms with Crippen LogP contribution in [-0.2, 0) is 49.5 Å². The molecule has 1 aliphatic heterocycles. The van der Waals surface area contributed by atoms with Crippen molar-refractivity contribution in [1.29, 1.82) is 0 Å². The van der Waals surface area contributed by atoms with Crippen molar-refractivity contribution in [3.05, 3.63) is 319 Å². The summed E-state index contributed by atoms with van der Waals surface area (Å²) in [7, 11) is 0. The Bertz CT molecular complexity index is 6810. The Kier molecular flexibility index (Phi) is 32.2. The minimum atomic E-state index is -1.14. The molecule has 0 aliphatic carbocycles. The van der Waals surface area contributed by atoms with Crippen LogP contribution in [0.4, 0.5) is 23.2 Å². The van der Waals surface area contributed by atoms with E-state index in [0.29, 0.717) is 103 Å². The molecule has 0 saturated carbocycles. The van der Waals surface area contributed by atoms with E-state index in [4.69, 9.17) is 91.7 Å². The predicted molar refractivity (Wildman–Crippen MR) is 528 cm³/mol. The Morgan fingerprint density at radius 3 is 1.11 bits per heavy atom. The van der Waals surface area contributed by atoms with Crippen LogP contribution in [0.25, 0.3) is 87.2 Å². The van der Waals surface area contributed by atoms with Crippen molar-refractivity contribution in [2.45, 2.75) is 190 Å². The van der Waals surface area contributed by atoms with E-state index in [-0.39, 0.29) is 34.1 Å². The number of nitrogens with two attached hydrogens (primary N) is 1. The minimum Gasteiger partial charge on any atom is -0.397 e. The van der Waals surface area contributed by atoms with Crippen LogP contribution in [0, 0.1) is 71.7 Å². The van der Waals surface area contributed by atoms with E-state index in [0.717, 1.165) is 93.7 Å². The molecule has 1 aliphatic rings. The molecule has 8 aromatic carbocycles. The van der Waals surface area contributed by atoms with Crippen molar-refractivity contribution < 1.29 is 63.2 Å². The molecule has 0 amide bonds. The molecule has 16 aromatic rings. The maximum absolute atomic E-state index is 14.1. The van der Waals surface area contributed by atoms with Crippen LogP contribution < -0.4 is 5.73 Å². The topological polar surface area (TPSA) is 300 Å². The number of aromatic nitrogens is 8. The number of nitrogens with zero attached hydrogens (tertiary/aromatic N) is 8. The molecule has 0 spiro atoms. The second kappa shape index (κ2) is 40.8. The van der Waals surface area contributed by atoms with Crippen molar-refractivity contribution in [2.75, 3.05) is 18.9 Å². The molecule has 0 atom stereocenters. The second-order valence-corrected chi connectivity index (χ2v) is 39.2. The molecule has 1 fully saturated rings. The molecule has 8 aromatic heterocycles. The van der Waals surface area contributed by atoms with Gasteiger partial charge < -0.3 is 51.3 Å². The van der Waals surface area contributed by atoms with E-state index in [2.05, 4.69) is 39.9 Å². The number of benzene rings is 8. The largest absolute Gasteiger partial charge is 0.397 e. The molecule has 17 rings (SSSR count). The number of halogens is 11. The highest BCUT2D eigenvalue weighted by atomic mass is 35.5. The van der Waals surface area contributed by atoms with Gasteiger partial charge in [-0.3, -0.25) is 39.9 Å². The number of nitrogen functional groups attached to an aromatic ring is 1. The number of hydrogen-bond donors (Lipinski definition) is 9. The van der Waals surface area contributed by atoms with Crippen LogP contribution >= 0.6 is 81.2 Å². The Labute approximate surface area is 799 Å². The van der Waals surface area contributed by atoms with Gasteiger partial charge in [0.1, 0.15) is 23.1 Å². The molecule has 0 radical (unpaired) electrons. The van der Waals surface area contributed by atoms with Gasteiger partial charge in [0.05, 0.1) is 129 Å². The zero-order valence-electron chi connectivity index (χ0n) is 77.0. The lowest BCUT2D eigenvalue weighted by atomic mass is 9.88. The lowest BCUT2D eigenvalue weighted by molar-refractivity contribution is -0.183. The van der Waals surface area contributed by atoms with Crippen LogP contribution in [0.15, 0.2) is 177 Å². The number of aryl methyl sites for hydroxylation is 7. The molecule has 0 unspecified atom stereocenters.